The van der Waals surface area contributed by atoms with Crippen LogP contribution in [0, 0.1) is 0 Å². The van der Waals surface area contributed by atoms with Crippen LogP contribution in [-0.2, 0) is 23.8 Å². The first-order valence-corrected chi connectivity index (χ1v) is 27.2. The number of carbonyl (C=O) groups excluding carboxylic acids is 2. The van der Waals surface area contributed by atoms with Crippen molar-refractivity contribution in [1.82, 2.24) is 0 Å². The first-order chi connectivity index (χ1) is 30.6. The van der Waals surface area contributed by atoms with Gasteiger partial charge in [0.2, 0.25) is 0 Å². The van der Waals surface area contributed by atoms with Gasteiger partial charge in [0.15, 0.2) is 6.10 Å². The normalized spacial score (nSPS) is 12.5. The molecule has 0 radical (unpaired) electrons. The highest BCUT2D eigenvalue weighted by atomic mass is 16.6. The molecule has 0 amide bonds. The lowest BCUT2D eigenvalue weighted by Crippen LogP contribution is -2.30. The number of rotatable bonds is 50. The highest BCUT2D eigenvalue weighted by molar-refractivity contribution is 5.70. The van der Waals surface area contributed by atoms with Crippen molar-refractivity contribution in [2.24, 2.45) is 0 Å². The molecule has 5 nitrogen and oxygen atoms in total. The first-order valence-electron chi connectivity index (χ1n) is 27.2. The molecule has 0 heterocycles. The van der Waals surface area contributed by atoms with E-state index in [1.807, 2.05) is 0 Å². The first kappa shape index (κ1) is 59.9. The van der Waals surface area contributed by atoms with Crippen molar-refractivity contribution in [3.05, 3.63) is 48.6 Å². The van der Waals surface area contributed by atoms with E-state index in [1.54, 1.807) is 0 Å². The topological polar surface area (TPSA) is 61.8 Å². The zero-order valence-corrected chi connectivity index (χ0v) is 41.6. The smallest absolute Gasteiger partial charge is 0.306 e. The molecule has 0 N–H and O–H groups in total. The van der Waals surface area contributed by atoms with Gasteiger partial charge in [-0.1, -0.05) is 236 Å². The molecule has 0 aliphatic heterocycles. The molecule has 1 unspecified atom stereocenters. The highest BCUT2D eigenvalue weighted by Crippen LogP contribution is 2.16. The molecular formula is C57H104O5. The van der Waals surface area contributed by atoms with E-state index in [-0.39, 0.29) is 25.2 Å². The summed E-state index contributed by atoms with van der Waals surface area (Å²) >= 11 is 0. The zero-order valence-electron chi connectivity index (χ0n) is 41.6. The lowest BCUT2D eigenvalue weighted by atomic mass is 10.0. The minimum absolute atomic E-state index is 0.0744. The zero-order chi connectivity index (χ0) is 44.9. The fourth-order valence-electron chi connectivity index (χ4n) is 7.81. The SMILES string of the molecule is CC/C=C\C/C=C\C/C=C\CCCCCC(=O)OC(COCCCCCCCC/C=C\CCCCCC)COC(=O)CCCCCCCCCCCCCCCCCCCCC. The summed E-state index contributed by atoms with van der Waals surface area (Å²) in [5, 5.41) is 0. The largest absolute Gasteiger partial charge is 0.462 e. The van der Waals surface area contributed by atoms with Crippen LogP contribution in [0.1, 0.15) is 278 Å². The van der Waals surface area contributed by atoms with E-state index in [9.17, 15) is 9.59 Å². The third kappa shape index (κ3) is 50.5. The van der Waals surface area contributed by atoms with Gasteiger partial charge in [-0.15, -0.1) is 0 Å². The molecule has 0 aromatic rings. The van der Waals surface area contributed by atoms with Crippen LogP contribution >= 0.6 is 0 Å². The van der Waals surface area contributed by atoms with Crippen molar-refractivity contribution in [2.75, 3.05) is 19.8 Å². The predicted octanol–water partition coefficient (Wildman–Crippen LogP) is 18.3. The van der Waals surface area contributed by atoms with E-state index in [2.05, 4.69) is 69.4 Å². The summed E-state index contributed by atoms with van der Waals surface area (Å²) in [7, 11) is 0. The van der Waals surface area contributed by atoms with E-state index < -0.39 is 6.10 Å². The van der Waals surface area contributed by atoms with E-state index in [1.165, 1.54) is 173 Å². The van der Waals surface area contributed by atoms with Gasteiger partial charge in [0.05, 0.1) is 6.61 Å². The Morgan fingerprint density at radius 2 is 0.726 bits per heavy atom. The van der Waals surface area contributed by atoms with Crippen LogP contribution in [0.15, 0.2) is 48.6 Å². The maximum Gasteiger partial charge on any atom is 0.306 e. The molecule has 0 fully saturated rings. The molecule has 62 heavy (non-hydrogen) atoms. The summed E-state index contributed by atoms with van der Waals surface area (Å²) in [6.07, 6.45) is 65.6. The van der Waals surface area contributed by atoms with Gasteiger partial charge in [-0.05, 0) is 77.0 Å². The van der Waals surface area contributed by atoms with Crippen LogP contribution in [0.4, 0.5) is 0 Å². The Morgan fingerprint density at radius 3 is 1.21 bits per heavy atom. The van der Waals surface area contributed by atoms with Crippen LogP contribution in [0.25, 0.3) is 0 Å². The molecule has 0 saturated heterocycles. The molecule has 362 valence electrons. The molecule has 5 heteroatoms. The Kier molecular flexibility index (Phi) is 51.4. The second-order valence-corrected chi connectivity index (χ2v) is 18.1. The predicted molar refractivity (Wildman–Crippen MR) is 270 cm³/mol. The molecule has 0 aliphatic carbocycles. The second kappa shape index (κ2) is 53.2. The number of hydrogen-bond donors (Lipinski definition) is 0. The Hall–Kier alpha value is -2.14. The summed E-state index contributed by atoms with van der Waals surface area (Å²) < 4.78 is 17.4. The molecule has 0 saturated carbocycles. The Labute approximate surface area is 386 Å². The highest BCUT2D eigenvalue weighted by Gasteiger charge is 2.17. The maximum atomic E-state index is 12.8. The molecule has 0 spiro atoms. The van der Waals surface area contributed by atoms with Crippen LogP contribution in [0.5, 0.6) is 0 Å². The molecule has 0 aliphatic rings. The molecule has 0 bridgehead atoms. The van der Waals surface area contributed by atoms with Gasteiger partial charge in [-0.25, -0.2) is 0 Å². The average molecular weight is 869 g/mol. The third-order valence-electron chi connectivity index (χ3n) is 11.8. The Morgan fingerprint density at radius 1 is 0.371 bits per heavy atom. The van der Waals surface area contributed by atoms with E-state index in [4.69, 9.17) is 14.2 Å². The van der Waals surface area contributed by atoms with Gasteiger partial charge in [0, 0.05) is 19.4 Å². The van der Waals surface area contributed by atoms with Crippen LogP contribution in [-0.4, -0.2) is 37.9 Å². The summed E-state index contributed by atoms with van der Waals surface area (Å²) in [4.78, 5) is 25.4. The summed E-state index contributed by atoms with van der Waals surface area (Å²) in [6.45, 7) is 7.70. The minimum Gasteiger partial charge on any atom is -0.462 e. The van der Waals surface area contributed by atoms with Gasteiger partial charge >= 0.3 is 11.9 Å². The lowest BCUT2D eigenvalue weighted by Gasteiger charge is -2.18. The lowest BCUT2D eigenvalue weighted by molar-refractivity contribution is -0.163. The number of hydrogen-bond acceptors (Lipinski definition) is 5. The quantitative estimate of drug-likeness (QED) is 0.0346. The molecule has 0 rings (SSSR count). The number of ether oxygens (including phenoxy) is 3. The standard InChI is InChI=1S/C57H104O5/c1-4-7-10-13-16-19-22-25-27-28-29-30-31-33-35-38-41-44-47-50-56(58)61-54-55(53-60-52-49-46-43-40-37-34-26-23-20-17-14-11-8-5-2)62-57(59)51-48-45-42-39-36-32-24-21-18-15-12-9-6-3/h9,12,18,20-21,23,32,36,55H,4-8,10-11,13-17,19,22,24-31,33-35,37-54H2,1-3H3/b12-9-,21-18-,23-20-,36-32-. The monoisotopic (exact) mass is 869 g/mol. The van der Waals surface area contributed by atoms with Gasteiger partial charge in [-0.3, -0.25) is 9.59 Å². The van der Waals surface area contributed by atoms with Crippen molar-refractivity contribution < 1.29 is 23.8 Å². The molecule has 0 aromatic carbocycles. The van der Waals surface area contributed by atoms with Crippen molar-refractivity contribution >= 4 is 11.9 Å². The Balaban J connectivity index is 4.23. The third-order valence-corrected chi connectivity index (χ3v) is 11.8. The summed E-state index contributed by atoms with van der Waals surface area (Å²) in [6, 6.07) is 0. The average Bonchev–Trinajstić information content (AvgIpc) is 3.27. The van der Waals surface area contributed by atoms with Crippen molar-refractivity contribution in [3.63, 3.8) is 0 Å². The second-order valence-electron chi connectivity index (χ2n) is 18.1. The molecule has 0 aromatic heterocycles. The van der Waals surface area contributed by atoms with Crippen molar-refractivity contribution in [3.8, 4) is 0 Å². The van der Waals surface area contributed by atoms with Crippen molar-refractivity contribution in [2.45, 2.75) is 284 Å². The maximum absolute atomic E-state index is 12.8. The van der Waals surface area contributed by atoms with Crippen LogP contribution < -0.4 is 0 Å². The van der Waals surface area contributed by atoms with E-state index in [0.717, 1.165) is 70.6 Å². The van der Waals surface area contributed by atoms with Gasteiger partial charge in [0.25, 0.3) is 0 Å². The minimum atomic E-state index is -0.551. The number of esters is 2. The van der Waals surface area contributed by atoms with Gasteiger partial charge < -0.3 is 14.2 Å². The van der Waals surface area contributed by atoms with Crippen molar-refractivity contribution in [1.29, 1.82) is 0 Å². The number of allylic oxidation sites excluding steroid dienone is 8. The van der Waals surface area contributed by atoms with Crippen LogP contribution in [0.3, 0.4) is 0 Å². The number of unbranched alkanes of at least 4 members (excludes halogenated alkanes) is 31. The fourth-order valence-corrected chi connectivity index (χ4v) is 7.81. The fraction of sp³-hybridized carbons (Fsp3) is 0.825. The number of carbonyl (C=O) groups is 2. The van der Waals surface area contributed by atoms with E-state index >= 15 is 0 Å². The van der Waals surface area contributed by atoms with Gasteiger partial charge in [0.1, 0.15) is 6.61 Å². The molecular weight excluding hydrogens is 765 g/mol. The summed E-state index contributed by atoms with van der Waals surface area (Å²) in [5.74, 6) is -0.421. The Bertz CT molecular complexity index is 1030. The van der Waals surface area contributed by atoms with Crippen LogP contribution in [0.2, 0.25) is 0 Å². The van der Waals surface area contributed by atoms with E-state index in [0.29, 0.717) is 19.4 Å². The molecule has 1 atom stereocenters. The van der Waals surface area contributed by atoms with Gasteiger partial charge in [-0.2, -0.15) is 0 Å². The summed E-state index contributed by atoms with van der Waals surface area (Å²) in [5.41, 5.74) is 0.